The molecule has 4 rings (SSSR count). The van der Waals surface area contributed by atoms with Gasteiger partial charge in [-0.3, -0.25) is 14.1 Å². The minimum absolute atomic E-state index is 0.165. The van der Waals surface area contributed by atoms with E-state index in [4.69, 9.17) is 15.5 Å². The highest BCUT2D eigenvalue weighted by Gasteiger charge is 2.19. The second-order valence-corrected chi connectivity index (χ2v) is 9.58. The third-order valence-corrected chi connectivity index (χ3v) is 6.83. The van der Waals surface area contributed by atoms with Gasteiger partial charge in [-0.25, -0.2) is 9.78 Å². The highest BCUT2D eigenvalue weighted by atomic mass is 16.5. The van der Waals surface area contributed by atoms with Gasteiger partial charge >= 0.3 is 5.69 Å². The minimum atomic E-state index is -0.165. The molecule has 0 atom stereocenters. The Morgan fingerprint density at radius 2 is 2.05 bits per heavy atom. The van der Waals surface area contributed by atoms with Crippen molar-refractivity contribution in [2.24, 2.45) is 12.8 Å². The number of nitrogens with two attached hydrogens (primary N) is 1. The van der Waals surface area contributed by atoms with E-state index in [9.17, 15) is 4.79 Å². The first-order valence-electron chi connectivity index (χ1n) is 12.9. The SMILES string of the molecule is C=C(C)/C(=C\C(=C/N)c1ccc2ncc3c(c2c1)n(-c1ccc(N(C)CCOC)nc1C)c(=O)n3C)NCC. The van der Waals surface area contributed by atoms with Gasteiger partial charge in [-0.2, -0.15) is 0 Å². The lowest BCUT2D eigenvalue weighted by atomic mass is 10.0. The summed E-state index contributed by atoms with van der Waals surface area (Å²) in [6.07, 6.45) is 5.32. The number of anilines is 1. The number of likely N-dealkylation sites (N-methyl/N-ethyl adjacent to an activating group) is 2. The standard InChI is InChI=1S/C30H37N7O2/c1-8-32-25(19(2)3)16-22(17-31)21-9-10-24-23(15-21)29-27(18-33-24)36(6)30(38)37(29)26-11-12-28(34-20(26)4)35(5)13-14-39-7/h9-12,15-18,32H,2,8,13-14,31H2,1,3-7H3/b22-17+,25-16+. The number of aryl methyl sites for hydroxylation is 2. The third-order valence-electron chi connectivity index (χ3n) is 6.83. The molecule has 0 saturated heterocycles. The highest BCUT2D eigenvalue weighted by molar-refractivity contribution is 6.04. The Morgan fingerprint density at radius 3 is 2.69 bits per heavy atom. The molecule has 0 aliphatic heterocycles. The molecule has 9 nitrogen and oxygen atoms in total. The van der Waals surface area contributed by atoms with E-state index in [0.717, 1.165) is 68.1 Å². The highest BCUT2D eigenvalue weighted by Crippen LogP contribution is 2.30. The van der Waals surface area contributed by atoms with Crippen LogP contribution in [0.3, 0.4) is 0 Å². The summed E-state index contributed by atoms with van der Waals surface area (Å²) in [5.74, 6) is 0.814. The molecule has 0 aliphatic carbocycles. The number of aromatic nitrogens is 4. The molecule has 3 N–H and O–H groups in total. The van der Waals surface area contributed by atoms with Crippen LogP contribution in [0, 0.1) is 6.92 Å². The topological polar surface area (TPSA) is 103 Å². The molecule has 3 aromatic heterocycles. The first-order valence-corrected chi connectivity index (χ1v) is 12.9. The van der Waals surface area contributed by atoms with Gasteiger partial charge in [0.2, 0.25) is 0 Å². The fraction of sp³-hybridized carbons (Fsp3) is 0.300. The van der Waals surface area contributed by atoms with Crippen molar-refractivity contribution in [3.05, 3.63) is 88.4 Å². The molecule has 0 unspecified atom stereocenters. The van der Waals surface area contributed by atoms with Crippen molar-refractivity contribution in [3.8, 4) is 5.69 Å². The number of allylic oxidation sites excluding steroid dienone is 3. The number of ether oxygens (including phenoxy) is 1. The Kier molecular flexibility index (Phi) is 8.21. The maximum absolute atomic E-state index is 13.6. The molecule has 0 saturated carbocycles. The normalized spacial score (nSPS) is 12.4. The fourth-order valence-electron chi connectivity index (χ4n) is 4.63. The molecule has 204 valence electrons. The van der Waals surface area contributed by atoms with Gasteiger partial charge in [0.15, 0.2) is 0 Å². The average molecular weight is 528 g/mol. The van der Waals surface area contributed by atoms with Crippen molar-refractivity contribution < 1.29 is 4.74 Å². The van der Waals surface area contributed by atoms with E-state index in [1.165, 1.54) is 0 Å². The zero-order chi connectivity index (χ0) is 28.3. The van der Waals surface area contributed by atoms with Crippen LogP contribution in [0.2, 0.25) is 0 Å². The summed E-state index contributed by atoms with van der Waals surface area (Å²) in [5, 5.41) is 4.19. The number of benzene rings is 1. The van der Waals surface area contributed by atoms with Crippen LogP contribution in [0.15, 0.2) is 71.4 Å². The van der Waals surface area contributed by atoms with Crippen molar-refractivity contribution >= 4 is 33.3 Å². The number of nitrogens with zero attached hydrogens (tertiary/aromatic N) is 5. The molecule has 9 heteroatoms. The molecule has 0 radical (unpaired) electrons. The largest absolute Gasteiger partial charge is 0.404 e. The van der Waals surface area contributed by atoms with Crippen molar-refractivity contribution in [1.82, 2.24) is 24.4 Å². The fourth-order valence-corrected chi connectivity index (χ4v) is 4.63. The average Bonchev–Trinajstić information content (AvgIpc) is 3.19. The molecule has 39 heavy (non-hydrogen) atoms. The van der Waals surface area contributed by atoms with Gasteiger partial charge in [0, 0.05) is 51.6 Å². The van der Waals surface area contributed by atoms with Crippen LogP contribution in [-0.2, 0) is 11.8 Å². The Hall–Kier alpha value is -4.37. The van der Waals surface area contributed by atoms with E-state index < -0.39 is 0 Å². The van der Waals surface area contributed by atoms with Gasteiger partial charge < -0.3 is 20.7 Å². The predicted octanol–water partition coefficient (Wildman–Crippen LogP) is 4.03. The second-order valence-electron chi connectivity index (χ2n) is 9.58. The van der Waals surface area contributed by atoms with Gasteiger partial charge in [0.05, 0.1) is 40.7 Å². The first-order chi connectivity index (χ1) is 18.7. The maximum Gasteiger partial charge on any atom is 0.333 e. The van der Waals surface area contributed by atoms with Gasteiger partial charge in [-0.1, -0.05) is 12.6 Å². The van der Waals surface area contributed by atoms with Crippen molar-refractivity contribution in [3.63, 3.8) is 0 Å². The first kappa shape index (κ1) is 27.7. The third kappa shape index (κ3) is 5.31. The van der Waals surface area contributed by atoms with Crippen molar-refractivity contribution in [2.75, 3.05) is 38.8 Å². The lowest BCUT2D eigenvalue weighted by Crippen LogP contribution is -2.24. The van der Waals surface area contributed by atoms with Crippen LogP contribution < -0.4 is 21.6 Å². The van der Waals surface area contributed by atoms with Crippen LogP contribution in [0.4, 0.5) is 5.82 Å². The number of hydrogen-bond donors (Lipinski definition) is 2. The summed E-state index contributed by atoms with van der Waals surface area (Å²) < 4.78 is 8.55. The van der Waals surface area contributed by atoms with E-state index in [-0.39, 0.29) is 5.69 Å². The maximum atomic E-state index is 13.6. The number of pyridine rings is 2. The van der Waals surface area contributed by atoms with Crippen molar-refractivity contribution in [2.45, 2.75) is 20.8 Å². The van der Waals surface area contributed by atoms with Gasteiger partial charge in [0.1, 0.15) is 5.82 Å². The molecule has 1 aromatic carbocycles. The van der Waals surface area contributed by atoms with E-state index >= 15 is 0 Å². The van der Waals surface area contributed by atoms with Gasteiger partial charge in [-0.15, -0.1) is 0 Å². The Balaban J connectivity index is 1.93. The molecule has 0 spiro atoms. The molecular formula is C30H37N7O2. The predicted molar refractivity (Wildman–Crippen MR) is 160 cm³/mol. The molecule has 3 heterocycles. The molecule has 4 aromatic rings. The van der Waals surface area contributed by atoms with E-state index in [1.807, 2.05) is 69.1 Å². The molecule has 0 bridgehead atoms. The van der Waals surface area contributed by atoms with E-state index in [0.29, 0.717) is 13.2 Å². The molecule has 0 aliphatic rings. The molecular weight excluding hydrogens is 490 g/mol. The van der Waals surface area contributed by atoms with Crippen LogP contribution in [0.25, 0.3) is 33.2 Å². The van der Waals surface area contributed by atoms with Crippen LogP contribution >= 0.6 is 0 Å². The van der Waals surface area contributed by atoms with Gasteiger partial charge in [0.25, 0.3) is 0 Å². The Morgan fingerprint density at radius 1 is 1.28 bits per heavy atom. The minimum Gasteiger partial charge on any atom is -0.404 e. The van der Waals surface area contributed by atoms with Crippen LogP contribution in [-0.4, -0.2) is 53.0 Å². The summed E-state index contributed by atoms with van der Waals surface area (Å²) in [4.78, 5) is 25.1. The zero-order valence-corrected chi connectivity index (χ0v) is 23.6. The number of nitrogens with one attached hydrogen (secondary N) is 1. The Labute approximate surface area is 228 Å². The lowest BCUT2D eigenvalue weighted by Gasteiger charge is -2.19. The second kappa shape index (κ2) is 11.6. The summed E-state index contributed by atoms with van der Waals surface area (Å²) in [6, 6.07) is 9.85. The zero-order valence-electron chi connectivity index (χ0n) is 23.6. The number of fused-ring (bicyclic) bond motifs is 3. The summed E-state index contributed by atoms with van der Waals surface area (Å²) in [5.41, 5.74) is 13.2. The number of imidazole rings is 1. The quantitative estimate of drug-likeness (QED) is 0.300. The van der Waals surface area contributed by atoms with E-state index in [2.05, 4.69) is 16.9 Å². The van der Waals surface area contributed by atoms with Crippen LogP contribution in [0.1, 0.15) is 25.1 Å². The van der Waals surface area contributed by atoms with Crippen molar-refractivity contribution in [1.29, 1.82) is 0 Å². The Bertz CT molecular complexity index is 1660. The summed E-state index contributed by atoms with van der Waals surface area (Å²) in [7, 11) is 5.41. The van der Waals surface area contributed by atoms with E-state index in [1.54, 1.807) is 35.7 Å². The number of methoxy groups -OCH3 is 1. The summed E-state index contributed by atoms with van der Waals surface area (Å²) >= 11 is 0. The monoisotopic (exact) mass is 527 g/mol. The molecule has 0 fully saturated rings. The summed E-state index contributed by atoms with van der Waals surface area (Å²) in [6.45, 7) is 12.1. The number of hydrogen-bond acceptors (Lipinski definition) is 7. The molecule has 0 amide bonds. The van der Waals surface area contributed by atoms with Gasteiger partial charge in [-0.05, 0) is 67.8 Å². The lowest BCUT2D eigenvalue weighted by molar-refractivity contribution is 0.206. The van der Waals surface area contributed by atoms with Crippen LogP contribution in [0.5, 0.6) is 0 Å². The smallest absolute Gasteiger partial charge is 0.333 e. The number of rotatable bonds is 10.